The second-order valence-corrected chi connectivity index (χ2v) is 5.43. The van der Waals surface area contributed by atoms with Gasteiger partial charge in [-0.2, -0.15) is 0 Å². The SMILES string of the molecule is Cl.NCC1CCN(Cc2ncc(Cl)s2)C1. The van der Waals surface area contributed by atoms with E-state index >= 15 is 0 Å². The van der Waals surface area contributed by atoms with Crippen LogP contribution < -0.4 is 5.73 Å². The van der Waals surface area contributed by atoms with Crippen LogP contribution in [0.1, 0.15) is 11.4 Å². The Balaban J connectivity index is 0.00000112. The van der Waals surface area contributed by atoms with E-state index in [0.717, 1.165) is 35.5 Å². The van der Waals surface area contributed by atoms with Gasteiger partial charge < -0.3 is 5.73 Å². The largest absolute Gasteiger partial charge is 0.330 e. The summed E-state index contributed by atoms with van der Waals surface area (Å²) in [5.74, 6) is 0.672. The lowest BCUT2D eigenvalue weighted by molar-refractivity contribution is 0.317. The smallest absolute Gasteiger partial charge is 0.113 e. The van der Waals surface area contributed by atoms with Crippen LogP contribution in [0.2, 0.25) is 4.34 Å². The van der Waals surface area contributed by atoms with E-state index in [0.29, 0.717) is 5.92 Å². The third-order valence-electron chi connectivity index (χ3n) is 2.59. The Morgan fingerprint density at radius 3 is 3.00 bits per heavy atom. The van der Waals surface area contributed by atoms with Gasteiger partial charge in [0.15, 0.2) is 0 Å². The quantitative estimate of drug-likeness (QED) is 0.911. The van der Waals surface area contributed by atoms with Gasteiger partial charge in [-0.25, -0.2) is 4.98 Å². The molecule has 1 fully saturated rings. The summed E-state index contributed by atoms with van der Waals surface area (Å²) in [6.45, 7) is 3.97. The van der Waals surface area contributed by atoms with E-state index in [4.69, 9.17) is 17.3 Å². The molecule has 2 N–H and O–H groups in total. The Morgan fingerprint density at radius 1 is 1.67 bits per heavy atom. The highest BCUT2D eigenvalue weighted by atomic mass is 35.5. The van der Waals surface area contributed by atoms with Crippen molar-refractivity contribution in [3.63, 3.8) is 0 Å². The molecule has 86 valence electrons. The van der Waals surface area contributed by atoms with Crippen LogP contribution in [0.15, 0.2) is 6.20 Å². The number of hydrogen-bond acceptors (Lipinski definition) is 4. The second kappa shape index (κ2) is 6.01. The highest BCUT2D eigenvalue weighted by molar-refractivity contribution is 7.15. The number of thiazole rings is 1. The van der Waals surface area contributed by atoms with Gasteiger partial charge in [0.05, 0.1) is 12.7 Å². The molecule has 0 radical (unpaired) electrons. The van der Waals surface area contributed by atoms with Crippen molar-refractivity contribution >= 4 is 35.3 Å². The highest BCUT2D eigenvalue weighted by Crippen LogP contribution is 2.22. The topological polar surface area (TPSA) is 42.1 Å². The lowest BCUT2D eigenvalue weighted by Crippen LogP contribution is -2.22. The van der Waals surface area contributed by atoms with Crippen LogP contribution in [-0.2, 0) is 6.54 Å². The van der Waals surface area contributed by atoms with Crippen LogP contribution in [0.3, 0.4) is 0 Å². The number of hydrogen-bond donors (Lipinski definition) is 1. The number of likely N-dealkylation sites (tertiary alicyclic amines) is 1. The van der Waals surface area contributed by atoms with E-state index in [-0.39, 0.29) is 12.4 Å². The minimum absolute atomic E-state index is 0. The monoisotopic (exact) mass is 267 g/mol. The molecular weight excluding hydrogens is 253 g/mol. The Morgan fingerprint density at radius 2 is 2.47 bits per heavy atom. The molecule has 0 aliphatic carbocycles. The molecule has 2 rings (SSSR count). The van der Waals surface area contributed by atoms with Gasteiger partial charge in [0.1, 0.15) is 9.34 Å². The highest BCUT2D eigenvalue weighted by Gasteiger charge is 2.21. The Hall–Kier alpha value is 0.130. The van der Waals surface area contributed by atoms with Crippen molar-refractivity contribution in [2.75, 3.05) is 19.6 Å². The number of nitrogens with two attached hydrogens (primary N) is 1. The van der Waals surface area contributed by atoms with E-state index in [2.05, 4.69) is 9.88 Å². The van der Waals surface area contributed by atoms with Crippen LogP contribution in [0.25, 0.3) is 0 Å². The maximum atomic E-state index is 5.82. The molecule has 3 nitrogen and oxygen atoms in total. The van der Waals surface area contributed by atoms with Gasteiger partial charge in [-0.15, -0.1) is 23.7 Å². The maximum Gasteiger partial charge on any atom is 0.113 e. The normalized spacial score (nSPS) is 21.6. The molecule has 1 aromatic heterocycles. The van der Waals surface area contributed by atoms with Crippen LogP contribution in [0.5, 0.6) is 0 Å². The fourth-order valence-corrected chi connectivity index (χ4v) is 2.80. The van der Waals surface area contributed by atoms with Crippen molar-refractivity contribution in [3.05, 3.63) is 15.5 Å². The maximum absolute atomic E-state index is 5.82. The van der Waals surface area contributed by atoms with E-state index in [9.17, 15) is 0 Å². The zero-order chi connectivity index (χ0) is 9.97. The minimum Gasteiger partial charge on any atom is -0.330 e. The third kappa shape index (κ3) is 3.57. The predicted octanol–water partition coefficient (Wildman–Crippen LogP) is 2.00. The van der Waals surface area contributed by atoms with Crippen LogP contribution in [0, 0.1) is 5.92 Å². The lowest BCUT2D eigenvalue weighted by Gasteiger charge is -2.13. The van der Waals surface area contributed by atoms with Gasteiger partial charge in [-0.1, -0.05) is 11.6 Å². The van der Waals surface area contributed by atoms with Gasteiger partial charge in [0.25, 0.3) is 0 Å². The number of aromatic nitrogens is 1. The summed E-state index contributed by atoms with van der Waals surface area (Å²) >= 11 is 7.38. The zero-order valence-corrected chi connectivity index (χ0v) is 10.7. The number of rotatable bonds is 3. The molecule has 1 aromatic rings. The first-order chi connectivity index (χ1) is 6.78. The zero-order valence-electron chi connectivity index (χ0n) is 8.36. The summed E-state index contributed by atoms with van der Waals surface area (Å²) in [5, 5.41) is 1.10. The molecule has 1 atom stereocenters. The van der Waals surface area contributed by atoms with Crippen molar-refractivity contribution in [2.45, 2.75) is 13.0 Å². The molecule has 15 heavy (non-hydrogen) atoms. The molecule has 2 heterocycles. The fourth-order valence-electron chi connectivity index (χ4n) is 1.80. The second-order valence-electron chi connectivity index (χ2n) is 3.68. The first-order valence-corrected chi connectivity index (χ1v) is 6.00. The molecule has 0 amide bonds. The molecule has 1 unspecified atom stereocenters. The van der Waals surface area contributed by atoms with Gasteiger partial charge in [-0.05, 0) is 25.4 Å². The molecule has 6 heteroatoms. The van der Waals surface area contributed by atoms with Gasteiger partial charge >= 0.3 is 0 Å². The molecule has 1 aliphatic heterocycles. The summed E-state index contributed by atoms with van der Waals surface area (Å²) in [7, 11) is 0. The van der Waals surface area contributed by atoms with E-state index in [1.54, 1.807) is 17.5 Å². The van der Waals surface area contributed by atoms with Crippen molar-refractivity contribution < 1.29 is 0 Å². The minimum atomic E-state index is 0. The van der Waals surface area contributed by atoms with E-state index in [1.807, 2.05) is 0 Å². The summed E-state index contributed by atoms with van der Waals surface area (Å²) in [6, 6.07) is 0. The third-order valence-corrected chi connectivity index (χ3v) is 3.69. The number of nitrogens with zero attached hydrogens (tertiary/aromatic N) is 2. The Bertz CT molecular complexity index is 305. The van der Waals surface area contributed by atoms with Crippen LogP contribution in [0.4, 0.5) is 0 Å². The number of halogens is 2. The predicted molar refractivity (Wildman–Crippen MR) is 66.8 cm³/mol. The molecular formula is C9H15Cl2N3S. The molecule has 0 aromatic carbocycles. The average Bonchev–Trinajstić information content (AvgIpc) is 2.76. The van der Waals surface area contributed by atoms with Crippen molar-refractivity contribution in [1.29, 1.82) is 0 Å². The first-order valence-electron chi connectivity index (χ1n) is 4.80. The lowest BCUT2D eigenvalue weighted by atomic mass is 10.1. The summed E-state index contributed by atoms with van der Waals surface area (Å²) in [4.78, 5) is 6.64. The van der Waals surface area contributed by atoms with Crippen LogP contribution in [-0.4, -0.2) is 29.5 Å². The molecule has 0 bridgehead atoms. The van der Waals surface area contributed by atoms with Crippen molar-refractivity contribution in [3.8, 4) is 0 Å². The van der Waals surface area contributed by atoms with E-state index < -0.39 is 0 Å². The van der Waals surface area contributed by atoms with E-state index in [1.165, 1.54) is 6.42 Å². The molecule has 1 aliphatic rings. The van der Waals surface area contributed by atoms with Gasteiger partial charge in [0, 0.05) is 6.54 Å². The van der Waals surface area contributed by atoms with Gasteiger partial charge in [-0.3, -0.25) is 4.90 Å². The summed E-state index contributed by atoms with van der Waals surface area (Å²) in [5.41, 5.74) is 5.63. The molecule has 1 saturated heterocycles. The average molecular weight is 268 g/mol. The van der Waals surface area contributed by atoms with Crippen LogP contribution >= 0.6 is 35.3 Å². The van der Waals surface area contributed by atoms with Gasteiger partial charge in [0.2, 0.25) is 0 Å². The Labute approximate surface area is 105 Å². The Kier molecular flexibility index (Phi) is 5.29. The molecule has 0 spiro atoms. The fraction of sp³-hybridized carbons (Fsp3) is 0.667. The van der Waals surface area contributed by atoms with Crippen molar-refractivity contribution in [2.24, 2.45) is 11.7 Å². The summed E-state index contributed by atoms with van der Waals surface area (Å²) < 4.78 is 0.773. The first kappa shape index (κ1) is 13.2. The van der Waals surface area contributed by atoms with Crippen molar-refractivity contribution in [1.82, 2.24) is 9.88 Å². The molecule has 0 saturated carbocycles. The summed E-state index contributed by atoms with van der Waals surface area (Å²) in [6.07, 6.45) is 2.94. The standard InChI is InChI=1S/C9H14ClN3S.ClH/c10-8-4-12-9(14-8)6-13-2-1-7(3-11)5-13;/h4,7H,1-3,5-6,11H2;1H.